The van der Waals surface area contributed by atoms with Crippen molar-refractivity contribution in [2.24, 2.45) is 11.8 Å². The largest absolute Gasteiger partial charge is 0.487 e. The van der Waals surface area contributed by atoms with E-state index >= 15 is 0 Å². The number of amides is 1. The van der Waals surface area contributed by atoms with Crippen molar-refractivity contribution in [1.82, 2.24) is 4.72 Å². The highest BCUT2D eigenvalue weighted by Gasteiger charge is 2.37. The van der Waals surface area contributed by atoms with Crippen LogP contribution in [0.2, 0.25) is 5.02 Å². The number of aryl methyl sites for hydroxylation is 1. The van der Waals surface area contributed by atoms with Gasteiger partial charge in [0.05, 0.1) is 17.0 Å². The van der Waals surface area contributed by atoms with E-state index in [-0.39, 0.29) is 17.6 Å². The highest BCUT2D eigenvalue weighted by Crippen LogP contribution is 2.41. The first-order valence-electron chi connectivity index (χ1n) is 14.9. The van der Waals surface area contributed by atoms with E-state index < -0.39 is 21.2 Å². The number of nitrogens with zero attached hydrogens (tertiary/aromatic N) is 1. The van der Waals surface area contributed by atoms with E-state index in [4.69, 9.17) is 16.3 Å². The number of benzene rings is 2. The molecule has 0 aromatic heterocycles. The fourth-order valence-corrected chi connectivity index (χ4v) is 7.38. The van der Waals surface area contributed by atoms with Gasteiger partial charge in [0.2, 0.25) is 10.0 Å². The number of anilines is 1. The third-order valence-electron chi connectivity index (χ3n) is 8.63. The zero-order chi connectivity index (χ0) is 30.3. The number of ether oxygens (including phenoxy) is 1. The number of fused-ring (bicyclic) bond motifs is 2. The lowest BCUT2D eigenvalue weighted by molar-refractivity contribution is 0.0115. The van der Waals surface area contributed by atoms with Gasteiger partial charge >= 0.3 is 0 Å². The van der Waals surface area contributed by atoms with Crippen LogP contribution in [0.5, 0.6) is 5.75 Å². The number of rotatable bonds is 11. The van der Waals surface area contributed by atoms with Crippen LogP contribution in [-0.2, 0) is 23.1 Å². The van der Waals surface area contributed by atoms with Crippen molar-refractivity contribution in [1.29, 1.82) is 0 Å². The molecule has 0 unspecified atom stereocenters. The van der Waals surface area contributed by atoms with Gasteiger partial charge < -0.3 is 14.7 Å². The van der Waals surface area contributed by atoms with Crippen molar-refractivity contribution < 1.29 is 23.1 Å². The highest BCUT2D eigenvalue weighted by atomic mass is 35.5. The zero-order valence-electron chi connectivity index (χ0n) is 24.4. The van der Waals surface area contributed by atoms with Crippen LogP contribution in [-0.4, -0.2) is 43.9 Å². The number of aliphatic hydroxyl groups excluding tert-OH is 1. The van der Waals surface area contributed by atoms with Crippen molar-refractivity contribution in [2.45, 2.75) is 76.3 Å². The highest BCUT2D eigenvalue weighted by molar-refractivity contribution is 7.90. The number of halogens is 1. The summed E-state index contributed by atoms with van der Waals surface area (Å²) in [5, 5.41) is 10.7. The zero-order valence-corrected chi connectivity index (χ0v) is 26.0. The summed E-state index contributed by atoms with van der Waals surface area (Å²) in [5.74, 6) is 0.446. The fraction of sp³-hybridized carbons (Fsp3) is 0.485. The van der Waals surface area contributed by atoms with Crippen LogP contribution in [0.3, 0.4) is 0 Å². The maximum Gasteiger partial charge on any atom is 0.264 e. The average Bonchev–Trinajstić information content (AvgIpc) is 2.97. The van der Waals surface area contributed by atoms with Crippen LogP contribution in [0, 0.1) is 11.8 Å². The lowest BCUT2D eigenvalue weighted by Crippen LogP contribution is -2.43. The molecular formula is C33H43ClN2O5S. The standard InChI is InChI=1S/C33H43ClN2O5S/c1-4-7-11-31(37)29-16-13-25(29)21-36-18-9-8-10-23-19-27(34)15-12-26(23)22-41-32-17-14-24(20-30(32)36)33(38)35-42(39,40)28(5-2)6-3/h4-5,12,14-15,17,19-20,25,28-29,31,37H,1-2,6-11,13,16,18,21-22H2,3H3,(H,35,38)/t25-,28-,29+,31-/m0/s1. The summed E-state index contributed by atoms with van der Waals surface area (Å²) in [6.07, 6.45) is 9.34. The smallest absolute Gasteiger partial charge is 0.264 e. The Morgan fingerprint density at radius 2 is 2.00 bits per heavy atom. The maximum atomic E-state index is 13.2. The number of carbonyl (C=O) groups is 1. The van der Waals surface area contributed by atoms with Gasteiger partial charge in [-0.2, -0.15) is 0 Å². The first kappa shape index (κ1) is 32.1. The lowest BCUT2D eigenvalue weighted by atomic mass is 9.69. The third-order valence-corrected chi connectivity index (χ3v) is 10.7. The first-order valence-corrected chi connectivity index (χ1v) is 16.9. The van der Waals surface area contributed by atoms with Gasteiger partial charge in [0.1, 0.15) is 12.4 Å². The van der Waals surface area contributed by atoms with Gasteiger partial charge in [-0.1, -0.05) is 36.7 Å². The number of sulfonamides is 1. The second kappa shape index (κ2) is 14.6. The van der Waals surface area contributed by atoms with Crippen molar-refractivity contribution >= 4 is 33.2 Å². The Balaban J connectivity index is 1.65. The van der Waals surface area contributed by atoms with E-state index in [9.17, 15) is 18.3 Å². The summed E-state index contributed by atoms with van der Waals surface area (Å²) < 4.78 is 34.2. The maximum absolute atomic E-state index is 13.2. The van der Waals surface area contributed by atoms with Gasteiger partial charge in [-0.05, 0) is 105 Å². The molecular weight excluding hydrogens is 572 g/mol. The van der Waals surface area contributed by atoms with Gasteiger partial charge in [-0.25, -0.2) is 13.1 Å². The van der Waals surface area contributed by atoms with E-state index in [0.717, 1.165) is 61.9 Å². The Morgan fingerprint density at radius 1 is 1.19 bits per heavy atom. The molecule has 0 bridgehead atoms. The molecule has 1 fully saturated rings. The van der Waals surface area contributed by atoms with E-state index in [1.54, 1.807) is 25.1 Å². The molecule has 2 aromatic carbocycles. The minimum atomic E-state index is -3.92. The number of hydrogen-bond donors (Lipinski definition) is 2. The van der Waals surface area contributed by atoms with E-state index in [1.165, 1.54) is 6.08 Å². The van der Waals surface area contributed by atoms with Crippen LogP contribution in [0.25, 0.3) is 0 Å². The van der Waals surface area contributed by atoms with Crippen LogP contribution in [0.15, 0.2) is 61.7 Å². The second-order valence-electron chi connectivity index (χ2n) is 11.4. The van der Waals surface area contributed by atoms with Crippen LogP contribution in [0.4, 0.5) is 5.69 Å². The summed E-state index contributed by atoms with van der Waals surface area (Å²) in [6, 6.07) is 10.9. The van der Waals surface area contributed by atoms with Crippen molar-refractivity contribution in [3.05, 3.63) is 83.4 Å². The molecule has 2 N–H and O–H groups in total. The van der Waals surface area contributed by atoms with Crippen molar-refractivity contribution in [2.75, 3.05) is 18.0 Å². The van der Waals surface area contributed by atoms with Crippen LogP contribution in [0.1, 0.15) is 73.4 Å². The molecule has 0 spiro atoms. The topological polar surface area (TPSA) is 95.9 Å². The molecule has 0 radical (unpaired) electrons. The molecule has 0 saturated heterocycles. The summed E-state index contributed by atoms with van der Waals surface area (Å²) >= 11 is 6.30. The Kier molecular flexibility index (Phi) is 11.1. The average molecular weight is 615 g/mol. The van der Waals surface area contributed by atoms with Crippen molar-refractivity contribution in [3.8, 4) is 5.75 Å². The van der Waals surface area contributed by atoms with E-state index in [1.807, 2.05) is 24.3 Å². The third kappa shape index (κ3) is 7.77. The van der Waals surface area contributed by atoms with Gasteiger partial charge in [0.15, 0.2) is 0 Å². The molecule has 1 aliphatic heterocycles. The van der Waals surface area contributed by atoms with Crippen LogP contribution < -0.4 is 14.4 Å². The Hall–Kier alpha value is -2.81. The molecule has 2 aliphatic rings. The Labute approximate surface area is 255 Å². The van der Waals surface area contributed by atoms with Gasteiger partial charge in [-0.15, -0.1) is 13.2 Å². The fourth-order valence-electron chi connectivity index (χ4n) is 5.97. The molecule has 1 aliphatic carbocycles. The predicted octanol–water partition coefficient (Wildman–Crippen LogP) is 6.44. The molecule has 228 valence electrons. The number of carbonyl (C=O) groups excluding carboxylic acids is 1. The lowest BCUT2D eigenvalue weighted by Gasteiger charge is -2.43. The molecule has 42 heavy (non-hydrogen) atoms. The number of hydrogen-bond acceptors (Lipinski definition) is 6. The van der Waals surface area contributed by atoms with E-state index in [0.29, 0.717) is 42.7 Å². The molecule has 2 aromatic rings. The quantitative estimate of drug-likeness (QED) is 0.283. The van der Waals surface area contributed by atoms with Crippen LogP contribution >= 0.6 is 11.6 Å². The molecule has 4 atom stereocenters. The van der Waals surface area contributed by atoms with Gasteiger partial charge in [0, 0.05) is 23.7 Å². The first-order chi connectivity index (χ1) is 20.2. The summed E-state index contributed by atoms with van der Waals surface area (Å²) in [5.41, 5.74) is 3.21. The van der Waals surface area contributed by atoms with Gasteiger partial charge in [-0.3, -0.25) is 4.79 Å². The summed E-state index contributed by atoms with van der Waals surface area (Å²) in [4.78, 5) is 15.5. The monoisotopic (exact) mass is 614 g/mol. The minimum absolute atomic E-state index is 0.209. The SMILES string of the molecule is C=CCC[C@H](O)[C@@H]1CC[C@H]1CN1CCCCc2cc(Cl)ccc2COc2ccc(C(=O)NS(=O)(=O)[C@@H](C=C)CC)cc21. The minimum Gasteiger partial charge on any atom is -0.487 e. The molecule has 1 heterocycles. The predicted molar refractivity (Wildman–Crippen MR) is 170 cm³/mol. The molecule has 1 amide bonds. The number of nitrogens with one attached hydrogen (secondary N) is 1. The second-order valence-corrected chi connectivity index (χ2v) is 13.7. The molecule has 4 rings (SSSR count). The normalized spacial score (nSPS) is 20.4. The Morgan fingerprint density at radius 3 is 2.69 bits per heavy atom. The van der Waals surface area contributed by atoms with Gasteiger partial charge in [0.25, 0.3) is 5.91 Å². The number of aliphatic hydroxyl groups is 1. The summed E-state index contributed by atoms with van der Waals surface area (Å²) in [7, 11) is -3.92. The van der Waals surface area contributed by atoms with Crippen molar-refractivity contribution in [3.63, 3.8) is 0 Å². The summed E-state index contributed by atoms with van der Waals surface area (Å²) in [6.45, 7) is 10.9. The molecule has 1 saturated carbocycles. The molecule has 9 heteroatoms. The Bertz CT molecular complexity index is 1380. The van der Waals surface area contributed by atoms with E-state index in [2.05, 4.69) is 22.8 Å². The molecule has 7 nitrogen and oxygen atoms in total. The number of allylic oxidation sites excluding steroid dienone is 1.